The number of fused-ring (bicyclic) bond motifs is 1. The minimum atomic E-state index is -0.840. The Kier molecular flexibility index (Phi) is 3.68. The van der Waals surface area contributed by atoms with Crippen molar-refractivity contribution in [1.29, 1.82) is 10.5 Å². The van der Waals surface area contributed by atoms with E-state index in [0.29, 0.717) is 18.1 Å². The molecular weight excluding hydrogens is 336 g/mol. The van der Waals surface area contributed by atoms with Crippen molar-refractivity contribution in [2.45, 2.75) is 57.5 Å². The maximum Gasteiger partial charge on any atom is 0.150 e. The second-order valence-corrected chi connectivity index (χ2v) is 8.48. The Balaban J connectivity index is 1.49. The summed E-state index contributed by atoms with van der Waals surface area (Å²) in [7, 11) is 0. The van der Waals surface area contributed by atoms with Crippen LogP contribution in [-0.4, -0.2) is 17.8 Å². The van der Waals surface area contributed by atoms with Crippen LogP contribution in [0, 0.1) is 39.4 Å². The van der Waals surface area contributed by atoms with E-state index in [1.54, 1.807) is 0 Å². The third-order valence-electron chi connectivity index (χ3n) is 6.78. The van der Waals surface area contributed by atoms with E-state index in [0.717, 1.165) is 18.4 Å². The number of rotatable bonds is 4. The van der Waals surface area contributed by atoms with Gasteiger partial charge >= 0.3 is 0 Å². The third-order valence-corrected chi connectivity index (χ3v) is 7.15. The van der Waals surface area contributed by atoms with Crippen LogP contribution in [0.4, 0.5) is 0 Å². The summed E-state index contributed by atoms with van der Waals surface area (Å²) < 4.78 is 12.2. The molecule has 1 aliphatic heterocycles. The lowest BCUT2D eigenvalue weighted by atomic mass is 9.71. The van der Waals surface area contributed by atoms with Crippen LogP contribution in [0.5, 0.6) is 0 Å². The number of benzene rings is 1. The molecule has 1 aromatic carbocycles. The molecule has 5 heteroatoms. The summed E-state index contributed by atoms with van der Waals surface area (Å²) in [4.78, 5) is 0. The van der Waals surface area contributed by atoms with Crippen molar-refractivity contribution < 1.29 is 9.47 Å². The summed E-state index contributed by atoms with van der Waals surface area (Å²) in [5.74, 6) is 0.267. The lowest BCUT2D eigenvalue weighted by molar-refractivity contribution is -0.0346. The van der Waals surface area contributed by atoms with Crippen molar-refractivity contribution in [2.75, 3.05) is 0 Å². The molecule has 0 radical (unpaired) electrons. The summed E-state index contributed by atoms with van der Waals surface area (Å²) in [5.41, 5.74) is -0.373. The molecule has 25 heavy (non-hydrogen) atoms. The zero-order chi connectivity index (χ0) is 17.9. The zero-order valence-electron chi connectivity index (χ0n) is 14.5. The van der Waals surface area contributed by atoms with E-state index < -0.39 is 5.41 Å². The van der Waals surface area contributed by atoms with Gasteiger partial charge < -0.3 is 9.47 Å². The lowest BCUT2D eigenvalue weighted by Gasteiger charge is -2.35. The molecule has 0 aromatic heterocycles. The molecule has 0 N–H and O–H groups in total. The fourth-order valence-electron chi connectivity index (χ4n) is 4.60. The molecule has 0 bridgehead atoms. The molecule has 4 rings (SSSR count). The highest BCUT2D eigenvalue weighted by Gasteiger charge is 2.73. The van der Waals surface area contributed by atoms with Crippen LogP contribution in [0.2, 0.25) is 5.02 Å². The van der Waals surface area contributed by atoms with E-state index in [2.05, 4.69) is 26.0 Å². The van der Waals surface area contributed by atoms with Crippen molar-refractivity contribution in [2.24, 2.45) is 16.7 Å². The fourth-order valence-corrected chi connectivity index (χ4v) is 4.79. The van der Waals surface area contributed by atoms with Crippen LogP contribution in [-0.2, 0) is 16.1 Å². The second kappa shape index (κ2) is 5.45. The molecule has 5 atom stereocenters. The summed E-state index contributed by atoms with van der Waals surface area (Å²) in [6.07, 6.45) is 2.50. The van der Waals surface area contributed by atoms with Crippen LogP contribution in [0.3, 0.4) is 0 Å². The molecule has 4 nitrogen and oxygen atoms in total. The topological polar surface area (TPSA) is 69.3 Å². The van der Waals surface area contributed by atoms with Gasteiger partial charge in [0.1, 0.15) is 11.0 Å². The summed E-state index contributed by atoms with van der Waals surface area (Å²) in [6, 6.07) is 12.2. The number of hydrogen-bond acceptors (Lipinski definition) is 4. The van der Waals surface area contributed by atoms with Crippen LogP contribution < -0.4 is 0 Å². The first-order valence-electron chi connectivity index (χ1n) is 8.74. The Hall–Kier alpha value is -1.59. The Morgan fingerprint density at radius 2 is 1.96 bits per heavy atom. The van der Waals surface area contributed by atoms with Crippen LogP contribution in [0.25, 0.3) is 0 Å². The Bertz CT molecular complexity index is 784. The molecule has 2 aliphatic carbocycles. The van der Waals surface area contributed by atoms with Crippen molar-refractivity contribution >= 4 is 11.6 Å². The smallest absolute Gasteiger partial charge is 0.150 e. The van der Waals surface area contributed by atoms with Crippen molar-refractivity contribution in [1.82, 2.24) is 0 Å². The van der Waals surface area contributed by atoms with E-state index in [9.17, 15) is 10.5 Å². The maximum absolute atomic E-state index is 9.45. The Morgan fingerprint density at radius 1 is 1.24 bits per heavy atom. The van der Waals surface area contributed by atoms with E-state index in [1.165, 1.54) is 0 Å². The van der Waals surface area contributed by atoms with E-state index >= 15 is 0 Å². The predicted molar refractivity (Wildman–Crippen MR) is 92.4 cm³/mol. The molecule has 1 aromatic rings. The van der Waals surface area contributed by atoms with Gasteiger partial charge in [-0.1, -0.05) is 36.7 Å². The second-order valence-electron chi connectivity index (χ2n) is 8.07. The maximum atomic E-state index is 9.45. The Morgan fingerprint density at radius 3 is 2.60 bits per heavy atom. The van der Waals surface area contributed by atoms with Gasteiger partial charge in [0.05, 0.1) is 31.0 Å². The quantitative estimate of drug-likeness (QED) is 0.757. The number of halogens is 1. The summed E-state index contributed by atoms with van der Waals surface area (Å²) >= 11 is 6.23. The molecule has 0 amide bonds. The van der Waals surface area contributed by atoms with Gasteiger partial charge in [0.2, 0.25) is 0 Å². The van der Waals surface area contributed by atoms with Crippen molar-refractivity contribution in [3.8, 4) is 12.1 Å². The summed E-state index contributed by atoms with van der Waals surface area (Å²) in [5, 5.41) is 19.6. The number of epoxide rings is 1. The van der Waals surface area contributed by atoms with E-state index in [4.69, 9.17) is 21.1 Å². The molecule has 3 aliphatic rings. The molecule has 3 fully saturated rings. The first kappa shape index (κ1) is 16.9. The molecule has 130 valence electrons. The highest BCUT2D eigenvalue weighted by molar-refractivity contribution is 6.31. The standard InChI is InChI=1S/C20H21ClN2O2/c1-18(10-20(18,11-22)12-23)14-7-16(19(2)17(8-14)25-19)24-9-13-5-3-4-6-15(13)21/h3-6,14,16-17H,7-10H2,1-2H3/t14-,16+,17-,18?,19+/m0/s1. The molecule has 1 heterocycles. The molecule has 1 unspecified atom stereocenters. The predicted octanol–water partition coefficient (Wildman–Crippen LogP) is 4.24. The number of ether oxygens (including phenoxy) is 2. The van der Waals surface area contributed by atoms with Gasteiger partial charge in [-0.2, -0.15) is 10.5 Å². The average Bonchev–Trinajstić information content (AvgIpc) is 3.46. The highest BCUT2D eigenvalue weighted by Crippen LogP contribution is 2.71. The molecule has 2 saturated carbocycles. The molecular formula is C20H21ClN2O2. The van der Waals surface area contributed by atoms with Crippen molar-refractivity contribution in [3.05, 3.63) is 34.9 Å². The minimum Gasteiger partial charge on any atom is -0.370 e. The number of hydrogen-bond donors (Lipinski definition) is 0. The van der Waals surface area contributed by atoms with Gasteiger partial charge in [0, 0.05) is 10.4 Å². The number of nitriles is 2. The zero-order valence-corrected chi connectivity index (χ0v) is 15.2. The Labute approximate surface area is 153 Å². The van der Waals surface area contributed by atoms with Crippen LogP contribution in [0.15, 0.2) is 24.3 Å². The lowest BCUT2D eigenvalue weighted by Crippen LogP contribution is -2.41. The minimum absolute atomic E-state index is 0.0416. The van der Waals surface area contributed by atoms with Gasteiger partial charge in [-0.05, 0) is 43.7 Å². The molecule has 1 saturated heterocycles. The van der Waals surface area contributed by atoms with Gasteiger partial charge in [-0.3, -0.25) is 0 Å². The third kappa shape index (κ3) is 2.40. The first-order chi connectivity index (χ1) is 11.9. The fraction of sp³-hybridized carbons (Fsp3) is 0.600. The van der Waals surface area contributed by atoms with E-state index in [1.807, 2.05) is 24.3 Å². The largest absolute Gasteiger partial charge is 0.370 e. The monoisotopic (exact) mass is 356 g/mol. The first-order valence-corrected chi connectivity index (χ1v) is 9.12. The SMILES string of the molecule is CC1([C@@H]2C[C@@H]3O[C@]3(C)[C@H](OCc3ccccc3Cl)C2)CC1(C#N)C#N. The normalized spacial score (nSPS) is 40.4. The summed E-state index contributed by atoms with van der Waals surface area (Å²) in [6.45, 7) is 4.61. The van der Waals surface area contributed by atoms with Gasteiger partial charge in [-0.25, -0.2) is 0 Å². The number of nitrogens with zero attached hydrogens (tertiary/aromatic N) is 2. The van der Waals surface area contributed by atoms with Crippen LogP contribution in [0.1, 0.15) is 38.7 Å². The van der Waals surface area contributed by atoms with E-state index in [-0.39, 0.29) is 29.1 Å². The average molecular weight is 357 g/mol. The van der Waals surface area contributed by atoms with Gasteiger partial charge in [-0.15, -0.1) is 0 Å². The van der Waals surface area contributed by atoms with Gasteiger partial charge in [0.25, 0.3) is 0 Å². The van der Waals surface area contributed by atoms with Gasteiger partial charge in [0.15, 0.2) is 0 Å². The van der Waals surface area contributed by atoms with Crippen LogP contribution >= 0.6 is 11.6 Å². The van der Waals surface area contributed by atoms with Crippen molar-refractivity contribution in [3.63, 3.8) is 0 Å². The highest BCUT2D eigenvalue weighted by atomic mass is 35.5. The molecule has 0 spiro atoms.